The van der Waals surface area contributed by atoms with Crippen LogP contribution in [-0.2, 0) is 4.74 Å². The zero-order chi connectivity index (χ0) is 18.4. The van der Waals surface area contributed by atoms with Crippen molar-refractivity contribution in [3.63, 3.8) is 0 Å². The van der Waals surface area contributed by atoms with Gasteiger partial charge in [-0.2, -0.15) is 0 Å². The molecular weight excluding hydrogens is 344 g/mol. The number of rotatable bonds is 5. The summed E-state index contributed by atoms with van der Waals surface area (Å²) in [5.41, 5.74) is 0.791. The summed E-state index contributed by atoms with van der Waals surface area (Å²) in [5, 5.41) is 13.0. The van der Waals surface area contributed by atoms with Gasteiger partial charge in [-0.05, 0) is 31.0 Å². The third kappa shape index (κ3) is 4.52. The molecule has 0 aliphatic carbocycles. The fourth-order valence-corrected chi connectivity index (χ4v) is 3.13. The molecule has 0 amide bonds. The van der Waals surface area contributed by atoms with Crippen LogP contribution in [0.1, 0.15) is 23.2 Å². The van der Waals surface area contributed by atoms with Crippen molar-refractivity contribution in [2.45, 2.75) is 12.8 Å². The molecule has 0 bridgehead atoms. The molecule has 2 N–H and O–H groups in total. The number of ether oxygens (including phenoxy) is 3. The van der Waals surface area contributed by atoms with E-state index in [-0.39, 0.29) is 12.5 Å². The van der Waals surface area contributed by atoms with Crippen molar-refractivity contribution in [1.82, 2.24) is 4.90 Å². The minimum atomic E-state index is -0.502. The van der Waals surface area contributed by atoms with Gasteiger partial charge in [-0.3, -0.25) is 0 Å². The number of anilines is 1. The summed E-state index contributed by atoms with van der Waals surface area (Å²) >= 11 is 5.49. The van der Waals surface area contributed by atoms with Gasteiger partial charge in [-0.15, -0.1) is 0 Å². The standard InChI is InChI=1S/C17H24N2O5S/c1-22-14-7-12(16(21)24-3)13(8-15(14)23-2)18-17(25)19-6-4-5-11(9-19)10-20/h7-8,11,20H,4-6,9-10H2,1-3H3,(H,18,25)/t11-/m1/s1. The lowest BCUT2D eigenvalue weighted by molar-refractivity contribution is 0.0601. The van der Waals surface area contributed by atoms with Gasteiger partial charge < -0.3 is 29.5 Å². The summed E-state index contributed by atoms with van der Waals surface area (Å²) in [4.78, 5) is 14.1. The van der Waals surface area contributed by atoms with Crippen LogP contribution in [0, 0.1) is 5.92 Å². The monoisotopic (exact) mass is 368 g/mol. The van der Waals surface area contributed by atoms with Gasteiger partial charge in [0, 0.05) is 31.8 Å². The van der Waals surface area contributed by atoms with E-state index in [1.165, 1.54) is 21.3 Å². The van der Waals surface area contributed by atoms with Crippen LogP contribution >= 0.6 is 12.2 Å². The van der Waals surface area contributed by atoms with Crippen molar-refractivity contribution in [2.75, 3.05) is 46.3 Å². The molecule has 0 spiro atoms. The highest BCUT2D eigenvalue weighted by atomic mass is 32.1. The van der Waals surface area contributed by atoms with Crippen molar-refractivity contribution < 1.29 is 24.1 Å². The third-order valence-corrected chi connectivity index (χ3v) is 4.60. The minimum absolute atomic E-state index is 0.142. The first-order valence-corrected chi connectivity index (χ1v) is 8.46. The average Bonchev–Trinajstić information content (AvgIpc) is 2.66. The highest BCUT2D eigenvalue weighted by Gasteiger charge is 2.23. The van der Waals surface area contributed by atoms with Gasteiger partial charge >= 0.3 is 5.97 Å². The fourth-order valence-electron chi connectivity index (χ4n) is 2.85. The molecule has 0 aromatic heterocycles. The number of likely N-dealkylation sites (tertiary alicyclic amines) is 1. The number of aliphatic hydroxyl groups excluding tert-OH is 1. The molecule has 8 heteroatoms. The highest BCUT2D eigenvalue weighted by Crippen LogP contribution is 2.34. The number of thiocarbonyl (C=S) groups is 1. The van der Waals surface area contributed by atoms with Crippen LogP contribution in [0.2, 0.25) is 0 Å². The number of esters is 1. The average molecular weight is 368 g/mol. The van der Waals surface area contributed by atoms with Gasteiger partial charge in [0.1, 0.15) is 0 Å². The molecule has 1 saturated heterocycles. The quantitative estimate of drug-likeness (QED) is 0.603. The Morgan fingerprint density at radius 3 is 2.60 bits per heavy atom. The zero-order valence-corrected chi connectivity index (χ0v) is 15.5. The molecule has 138 valence electrons. The molecule has 1 heterocycles. The summed E-state index contributed by atoms with van der Waals surface area (Å²) < 4.78 is 15.4. The molecular formula is C17H24N2O5S. The van der Waals surface area contributed by atoms with Crippen LogP contribution in [0.5, 0.6) is 11.5 Å². The second-order valence-corrected chi connectivity index (χ2v) is 6.20. The SMILES string of the molecule is COC(=O)c1cc(OC)c(OC)cc1NC(=S)N1CCC[C@@H](CO)C1. The van der Waals surface area contributed by atoms with E-state index in [9.17, 15) is 9.90 Å². The Hall–Kier alpha value is -2.06. The summed E-state index contributed by atoms with van der Waals surface area (Å²) in [5.74, 6) is 0.613. The smallest absolute Gasteiger partial charge is 0.340 e. The molecule has 1 aliphatic rings. The lowest BCUT2D eigenvalue weighted by atomic mass is 9.99. The van der Waals surface area contributed by atoms with Crippen molar-refractivity contribution in [3.05, 3.63) is 17.7 Å². The van der Waals surface area contributed by atoms with Crippen LogP contribution in [0.3, 0.4) is 0 Å². The predicted octanol–water partition coefficient (Wildman–Crippen LogP) is 1.89. The summed E-state index contributed by atoms with van der Waals surface area (Å²) in [6.45, 7) is 1.63. The van der Waals surface area contributed by atoms with Gasteiger partial charge in [0.2, 0.25) is 0 Å². The van der Waals surface area contributed by atoms with E-state index in [1.54, 1.807) is 12.1 Å². The maximum absolute atomic E-state index is 12.1. The Kier molecular flexibility index (Phi) is 6.83. The normalized spacial score (nSPS) is 17.0. The Balaban J connectivity index is 2.27. The third-order valence-electron chi connectivity index (χ3n) is 4.24. The second kappa shape index (κ2) is 8.87. The number of hydrogen-bond donors (Lipinski definition) is 2. The van der Waals surface area contributed by atoms with Gasteiger partial charge in [-0.1, -0.05) is 0 Å². The fraction of sp³-hybridized carbons (Fsp3) is 0.529. The van der Waals surface area contributed by atoms with Crippen molar-refractivity contribution in [1.29, 1.82) is 0 Å². The van der Waals surface area contributed by atoms with E-state index >= 15 is 0 Å². The number of benzene rings is 1. The number of hydrogen-bond acceptors (Lipinski definition) is 6. The Bertz CT molecular complexity index is 638. The minimum Gasteiger partial charge on any atom is -0.493 e. The van der Waals surface area contributed by atoms with E-state index in [2.05, 4.69) is 5.32 Å². The van der Waals surface area contributed by atoms with Crippen LogP contribution < -0.4 is 14.8 Å². The van der Waals surface area contributed by atoms with Gasteiger partial charge in [0.25, 0.3) is 0 Å². The molecule has 0 saturated carbocycles. The number of nitrogens with zero attached hydrogens (tertiary/aromatic N) is 1. The van der Waals surface area contributed by atoms with Gasteiger partial charge in [-0.25, -0.2) is 4.79 Å². The van der Waals surface area contributed by atoms with Gasteiger partial charge in [0.15, 0.2) is 16.6 Å². The number of carbonyl (C=O) groups excluding carboxylic acids is 1. The summed E-state index contributed by atoms with van der Waals surface area (Å²) in [6, 6.07) is 3.22. The van der Waals surface area contributed by atoms with Crippen LogP contribution in [-0.4, -0.2) is 62.1 Å². The molecule has 0 radical (unpaired) electrons. The number of methoxy groups -OCH3 is 3. The molecule has 25 heavy (non-hydrogen) atoms. The lowest BCUT2D eigenvalue weighted by Gasteiger charge is -2.34. The maximum atomic E-state index is 12.1. The van der Waals surface area contributed by atoms with Crippen LogP contribution in [0.25, 0.3) is 0 Å². The molecule has 1 fully saturated rings. The number of aliphatic hydroxyl groups is 1. The first-order chi connectivity index (χ1) is 12.0. The maximum Gasteiger partial charge on any atom is 0.340 e. The first-order valence-electron chi connectivity index (χ1n) is 8.05. The van der Waals surface area contributed by atoms with Crippen molar-refractivity contribution in [2.24, 2.45) is 5.92 Å². The van der Waals surface area contributed by atoms with E-state index in [0.29, 0.717) is 34.4 Å². The molecule has 1 aromatic carbocycles. The van der Waals surface area contributed by atoms with Crippen molar-refractivity contribution in [3.8, 4) is 11.5 Å². The summed E-state index contributed by atoms with van der Waals surface area (Å²) in [6.07, 6.45) is 1.95. The molecule has 7 nitrogen and oxygen atoms in total. The molecule has 2 rings (SSSR count). The number of carbonyl (C=O) groups is 1. The van der Waals surface area contributed by atoms with E-state index in [0.717, 1.165) is 19.4 Å². The predicted molar refractivity (Wildman–Crippen MR) is 98.5 cm³/mol. The number of nitrogens with one attached hydrogen (secondary N) is 1. The van der Waals surface area contributed by atoms with E-state index < -0.39 is 5.97 Å². The lowest BCUT2D eigenvalue weighted by Crippen LogP contribution is -2.43. The van der Waals surface area contributed by atoms with Crippen molar-refractivity contribution >= 4 is 29.0 Å². The molecule has 1 atom stereocenters. The molecule has 0 unspecified atom stereocenters. The summed E-state index contributed by atoms with van der Waals surface area (Å²) in [7, 11) is 4.34. The Labute approximate surface area is 152 Å². The second-order valence-electron chi connectivity index (χ2n) is 5.81. The highest BCUT2D eigenvalue weighted by molar-refractivity contribution is 7.80. The van der Waals surface area contributed by atoms with Crippen LogP contribution in [0.15, 0.2) is 12.1 Å². The topological polar surface area (TPSA) is 80.3 Å². The number of piperidine rings is 1. The largest absolute Gasteiger partial charge is 0.493 e. The van der Waals surface area contributed by atoms with E-state index in [4.69, 9.17) is 26.4 Å². The van der Waals surface area contributed by atoms with E-state index in [1.807, 2.05) is 4.90 Å². The first kappa shape index (κ1) is 19.3. The van der Waals surface area contributed by atoms with Crippen LogP contribution in [0.4, 0.5) is 5.69 Å². The zero-order valence-electron chi connectivity index (χ0n) is 14.7. The molecule has 1 aliphatic heterocycles. The molecule has 1 aromatic rings. The Morgan fingerprint density at radius 2 is 2.00 bits per heavy atom. The van der Waals surface area contributed by atoms with Gasteiger partial charge in [0.05, 0.1) is 32.6 Å². The Morgan fingerprint density at radius 1 is 1.32 bits per heavy atom.